The minimum Gasteiger partial charge on any atom is -0.255 e. The number of nitriles is 1. The van der Waals surface area contributed by atoms with Crippen molar-refractivity contribution in [2.24, 2.45) is 0 Å². The number of sulfone groups is 1. The van der Waals surface area contributed by atoms with Crippen LogP contribution < -0.4 is 0 Å². The minimum absolute atomic E-state index is 0.150. The van der Waals surface area contributed by atoms with Crippen molar-refractivity contribution in [1.82, 2.24) is 4.98 Å². The van der Waals surface area contributed by atoms with E-state index in [4.69, 9.17) is 5.26 Å². The number of nitrogens with zero attached hydrogens (tertiary/aromatic N) is 2. The van der Waals surface area contributed by atoms with Crippen LogP contribution in [0.15, 0.2) is 94.9 Å². The Kier molecular flexibility index (Phi) is 4.19. The van der Waals surface area contributed by atoms with Crippen molar-refractivity contribution in [3.8, 4) is 17.2 Å². The summed E-state index contributed by atoms with van der Waals surface area (Å²) >= 11 is 0. The Balaban J connectivity index is 2.06. The maximum Gasteiger partial charge on any atom is 0.208 e. The molecule has 130 valence electrons. The van der Waals surface area contributed by atoms with E-state index in [1.807, 2.05) is 24.3 Å². The summed E-state index contributed by atoms with van der Waals surface area (Å²) < 4.78 is 26.6. The summed E-state index contributed by atoms with van der Waals surface area (Å²) in [6.07, 6.45) is 1.41. The largest absolute Gasteiger partial charge is 0.255 e. The Morgan fingerprint density at radius 3 is 2.19 bits per heavy atom. The summed E-state index contributed by atoms with van der Waals surface area (Å²) in [4.78, 5) is 4.73. The molecule has 5 heteroatoms. The molecular weight excluding hydrogens is 356 g/mol. The summed E-state index contributed by atoms with van der Waals surface area (Å²) in [5, 5.41) is 9.80. The third-order valence-electron chi connectivity index (χ3n) is 4.39. The zero-order valence-corrected chi connectivity index (χ0v) is 15.0. The van der Waals surface area contributed by atoms with E-state index < -0.39 is 9.84 Å². The average Bonchev–Trinajstić information content (AvgIpc) is 2.73. The molecule has 0 saturated heterocycles. The van der Waals surface area contributed by atoms with Gasteiger partial charge in [0.05, 0.1) is 26.9 Å². The molecule has 1 aromatic heterocycles. The summed E-state index contributed by atoms with van der Waals surface area (Å²) in [5.41, 5.74) is 2.55. The zero-order chi connectivity index (χ0) is 18.9. The summed E-state index contributed by atoms with van der Waals surface area (Å²) in [6.45, 7) is 0. The quantitative estimate of drug-likeness (QED) is 0.528. The van der Waals surface area contributed by atoms with Crippen LogP contribution in [0.2, 0.25) is 0 Å². The fourth-order valence-corrected chi connectivity index (χ4v) is 4.52. The van der Waals surface area contributed by atoms with Crippen LogP contribution in [-0.4, -0.2) is 13.4 Å². The SMILES string of the molecule is N#Cc1ccc(-c2c(S(=O)(=O)c3ccccc3)cnc3ccccc23)cc1. The Labute approximate surface area is 157 Å². The minimum atomic E-state index is -3.75. The van der Waals surface area contributed by atoms with Gasteiger partial charge in [-0.2, -0.15) is 5.26 Å². The van der Waals surface area contributed by atoms with Gasteiger partial charge in [0.25, 0.3) is 0 Å². The van der Waals surface area contributed by atoms with E-state index in [0.29, 0.717) is 16.6 Å². The molecule has 0 radical (unpaired) electrons. The van der Waals surface area contributed by atoms with Gasteiger partial charge in [-0.1, -0.05) is 48.5 Å². The van der Waals surface area contributed by atoms with Crippen molar-refractivity contribution in [2.75, 3.05) is 0 Å². The monoisotopic (exact) mass is 370 g/mol. The first-order valence-electron chi connectivity index (χ1n) is 8.30. The molecule has 3 aromatic carbocycles. The van der Waals surface area contributed by atoms with E-state index in [0.717, 1.165) is 10.9 Å². The number of rotatable bonds is 3. The van der Waals surface area contributed by atoms with Crippen molar-refractivity contribution in [3.05, 3.63) is 90.6 Å². The maximum absolute atomic E-state index is 13.3. The third-order valence-corrected chi connectivity index (χ3v) is 6.17. The molecular formula is C22H14N2O2S. The van der Waals surface area contributed by atoms with Gasteiger partial charge in [0, 0.05) is 17.1 Å². The Morgan fingerprint density at radius 2 is 1.48 bits per heavy atom. The molecule has 4 aromatic rings. The Bertz CT molecular complexity index is 1270. The molecule has 0 aliphatic heterocycles. The van der Waals surface area contributed by atoms with Crippen molar-refractivity contribution in [1.29, 1.82) is 5.26 Å². The lowest BCUT2D eigenvalue weighted by molar-refractivity contribution is 0.596. The number of aromatic nitrogens is 1. The van der Waals surface area contributed by atoms with Crippen molar-refractivity contribution >= 4 is 20.7 Å². The first-order chi connectivity index (χ1) is 13.1. The first kappa shape index (κ1) is 17.0. The number of fused-ring (bicyclic) bond motifs is 1. The third kappa shape index (κ3) is 2.97. The highest BCUT2D eigenvalue weighted by Crippen LogP contribution is 2.36. The molecule has 0 spiro atoms. The van der Waals surface area contributed by atoms with Crippen LogP contribution in [0, 0.1) is 11.3 Å². The second-order valence-electron chi connectivity index (χ2n) is 6.02. The predicted molar refractivity (Wildman–Crippen MR) is 104 cm³/mol. The van der Waals surface area contributed by atoms with Crippen LogP contribution in [0.5, 0.6) is 0 Å². The van der Waals surface area contributed by atoms with E-state index in [1.165, 1.54) is 6.20 Å². The molecule has 0 fully saturated rings. The van der Waals surface area contributed by atoms with Crippen molar-refractivity contribution in [2.45, 2.75) is 9.79 Å². The lowest BCUT2D eigenvalue weighted by atomic mass is 10.0. The topological polar surface area (TPSA) is 70.8 Å². The summed E-state index contributed by atoms with van der Waals surface area (Å²) in [5.74, 6) is 0. The van der Waals surface area contributed by atoms with Gasteiger partial charge in [-0.05, 0) is 35.9 Å². The standard InChI is InChI=1S/C22H14N2O2S/c23-14-16-10-12-17(13-11-16)22-19-8-4-5-9-20(19)24-15-21(22)27(25,26)18-6-2-1-3-7-18/h1-13,15H. The summed E-state index contributed by atoms with van der Waals surface area (Å²) in [7, 11) is -3.75. The first-order valence-corrected chi connectivity index (χ1v) is 9.78. The predicted octanol–water partition coefficient (Wildman–Crippen LogP) is 4.61. The molecule has 0 atom stereocenters. The Hall–Kier alpha value is -3.49. The van der Waals surface area contributed by atoms with Gasteiger partial charge >= 0.3 is 0 Å². The van der Waals surface area contributed by atoms with Gasteiger partial charge in [-0.15, -0.1) is 0 Å². The van der Waals surface area contributed by atoms with Gasteiger partial charge in [0.1, 0.15) is 0 Å². The van der Waals surface area contributed by atoms with Crippen LogP contribution in [0.1, 0.15) is 5.56 Å². The van der Waals surface area contributed by atoms with E-state index in [2.05, 4.69) is 11.1 Å². The van der Waals surface area contributed by atoms with Gasteiger partial charge < -0.3 is 0 Å². The smallest absolute Gasteiger partial charge is 0.208 e. The van der Waals surface area contributed by atoms with Crippen LogP contribution in [0.3, 0.4) is 0 Å². The molecule has 0 aliphatic carbocycles. The molecule has 0 bridgehead atoms. The molecule has 0 N–H and O–H groups in total. The fourth-order valence-electron chi connectivity index (χ4n) is 3.06. The second-order valence-corrected chi connectivity index (χ2v) is 7.94. The average molecular weight is 370 g/mol. The van der Waals surface area contributed by atoms with E-state index in [1.54, 1.807) is 54.6 Å². The highest BCUT2D eigenvalue weighted by molar-refractivity contribution is 7.91. The molecule has 0 saturated carbocycles. The number of pyridine rings is 1. The van der Waals surface area contributed by atoms with Crippen LogP contribution >= 0.6 is 0 Å². The molecule has 0 aliphatic rings. The maximum atomic E-state index is 13.3. The van der Waals surface area contributed by atoms with Gasteiger partial charge in [0.15, 0.2) is 0 Å². The lowest BCUT2D eigenvalue weighted by Gasteiger charge is -2.14. The number of hydrogen-bond donors (Lipinski definition) is 0. The van der Waals surface area contributed by atoms with E-state index >= 15 is 0 Å². The molecule has 0 amide bonds. The van der Waals surface area contributed by atoms with Crippen molar-refractivity contribution in [3.63, 3.8) is 0 Å². The van der Waals surface area contributed by atoms with Crippen LogP contribution in [0.25, 0.3) is 22.0 Å². The van der Waals surface area contributed by atoms with Gasteiger partial charge in [-0.3, -0.25) is 4.98 Å². The van der Waals surface area contributed by atoms with Gasteiger partial charge in [0.2, 0.25) is 9.84 Å². The number of benzene rings is 3. The molecule has 27 heavy (non-hydrogen) atoms. The number of hydrogen-bond acceptors (Lipinski definition) is 4. The van der Waals surface area contributed by atoms with Crippen LogP contribution in [-0.2, 0) is 9.84 Å². The molecule has 4 rings (SSSR count). The lowest BCUT2D eigenvalue weighted by Crippen LogP contribution is -2.05. The highest BCUT2D eigenvalue weighted by Gasteiger charge is 2.24. The van der Waals surface area contributed by atoms with Crippen molar-refractivity contribution < 1.29 is 8.42 Å². The van der Waals surface area contributed by atoms with Crippen LogP contribution in [0.4, 0.5) is 0 Å². The molecule has 0 unspecified atom stereocenters. The van der Waals surface area contributed by atoms with Gasteiger partial charge in [-0.25, -0.2) is 8.42 Å². The highest BCUT2D eigenvalue weighted by atomic mass is 32.2. The normalized spacial score (nSPS) is 11.2. The molecule has 4 nitrogen and oxygen atoms in total. The summed E-state index contributed by atoms with van der Waals surface area (Å²) in [6, 6.07) is 24.7. The Morgan fingerprint density at radius 1 is 0.815 bits per heavy atom. The fraction of sp³-hybridized carbons (Fsp3) is 0. The zero-order valence-electron chi connectivity index (χ0n) is 14.2. The van der Waals surface area contributed by atoms with E-state index in [9.17, 15) is 8.42 Å². The number of para-hydroxylation sites is 1. The second kappa shape index (κ2) is 6.67. The molecule has 1 heterocycles. The van der Waals surface area contributed by atoms with E-state index in [-0.39, 0.29) is 9.79 Å².